The first-order valence-corrected chi connectivity index (χ1v) is 2.47. The van der Waals surface area contributed by atoms with Gasteiger partial charge in [0.15, 0.2) is 0 Å². The Morgan fingerprint density at radius 3 is 2.60 bits per heavy atom. The SMILES string of the molecule is O=C1C=CC([N+](=O)[O-])=C[N]1. The fourth-order valence-corrected chi connectivity index (χ4v) is 0.480. The van der Waals surface area contributed by atoms with Crippen LogP contribution < -0.4 is 5.32 Å². The number of rotatable bonds is 1. The third-order valence-electron chi connectivity index (χ3n) is 0.932. The van der Waals surface area contributed by atoms with Crippen LogP contribution in [0.2, 0.25) is 0 Å². The highest BCUT2D eigenvalue weighted by molar-refractivity contribution is 5.89. The minimum absolute atomic E-state index is 0.167. The lowest BCUT2D eigenvalue weighted by atomic mass is 10.3. The average Bonchev–Trinajstić information content (AvgIpc) is 1.88. The second-order valence-corrected chi connectivity index (χ2v) is 1.61. The van der Waals surface area contributed by atoms with Crippen molar-refractivity contribution in [2.24, 2.45) is 0 Å². The fraction of sp³-hybridized carbons (Fsp3) is 0. The Bertz CT molecular complexity index is 241. The van der Waals surface area contributed by atoms with Gasteiger partial charge in [-0.3, -0.25) is 14.9 Å². The zero-order valence-electron chi connectivity index (χ0n) is 4.85. The van der Waals surface area contributed by atoms with Crippen molar-refractivity contribution in [2.75, 3.05) is 0 Å². The van der Waals surface area contributed by atoms with Crippen LogP contribution in [0.3, 0.4) is 0 Å². The van der Waals surface area contributed by atoms with Crippen molar-refractivity contribution in [1.82, 2.24) is 5.32 Å². The van der Waals surface area contributed by atoms with Gasteiger partial charge < -0.3 is 0 Å². The number of nitro groups is 1. The molecule has 1 heterocycles. The van der Waals surface area contributed by atoms with Gasteiger partial charge in [0.05, 0.1) is 4.92 Å². The molecule has 1 aliphatic heterocycles. The number of carbonyl (C=O) groups excluding carboxylic acids is 1. The molecule has 0 aliphatic carbocycles. The lowest BCUT2D eigenvalue weighted by Gasteiger charge is -1.95. The minimum atomic E-state index is -0.605. The Kier molecular flexibility index (Phi) is 1.49. The van der Waals surface area contributed by atoms with E-state index in [4.69, 9.17) is 0 Å². The fourth-order valence-electron chi connectivity index (χ4n) is 0.480. The van der Waals surface area contributed by atoms with Gasteiger partial charge >= 0.3 is 0 Å². The molecule has 0 atom stereocenters. The highest BCUT2D eigenvalue weighted by Gasteiger charge is 2.12. The molecule has 0 aromatic carbocycles. The molecule has 5 heteroatoms. The summed E-state index contributed by atoms with van der Waals surface area (Å²) in [7, 11) is 0. The molecule has 5 nitrogen and oxygen atoms in total. The molecule has 0 bridgehead atoms. The number of carbonyl (C=O) groups is 1. The van der Waals surface area contributed by atoms with Gasteiger partial charge in [0.25, 0.3) is 11.6 Å². The molecular weight excluding hydrogens is 136 g/mol. The predicted octanol–water partition coefficient (Wildman–Crippen LogP) is -0.195. The Labute approximate surface area is 56.2 Å². The summed E-state index contributed by atoms with van der Waals surface area (Å²) < 4.78 is 0. The van der Waals surface area contributed by atoms with Gasteiger partial charge in [0, 0.05) is 12.2 Å². The molecule has 0 spiro atoms. The second kappa shape index (κ2) is 2.30. The topological polar surface area (TPSA) is 74.3 Å². The lowest BCUT2D eigenvalue weighted by molar-refractivity contribution is -0.419. The molecule has 0 N–H and O–H groups in total. The summed E-state index contributed by atoms with van der Waals surface area (Å²) in [6.45, 7) is 0. The van der Waals surface area contributed by atoms with E-state index in [0.717, 1.165) is 18.4 Å². The summed E-state index contributed by atoms with van der Waals surface area (Å²) in [4.78, 5) is 19.7. The Hall–Kier alpha value is -1.65. The molecule has 10 heavy (non-hydrogen) atoms. The molecule has 1 rings (SSSR count). The normalized spacial score (nSPS) is 16.0. The van der Waals surface area contributed by atoms with Gasteiger partial charge in [-0.05, 0) is 0 Å². The van der Waals surface area contributed by atoms with Crippen LogP contribution in [0.25, 0.3) is 0 Å². The van der Waals surface area contributed by atoms with E-state index in [0.29, 0.717) is 0 Å². The van der Waals surface area contributed by atoms with Gasteiger partial charge in [-0.2, -0.15) is 0 Å². The van der Waals surface area contributed by atoms with Crippen molar-refractivity contribution in [3.8, 4) is 0 Å². The summed E-state index contributed by atoms with van der Waals surface area (Å²) in [5, 5.41) is 13.2. The third kappa shape index (κ3) is 1.19. The van der Waals surface area contributed by atoms with Crippen LogP contribution >= 0.6 is 0 Å². The number of hydrogen-bond donors (Lipinski definition) is 0. The van der Waals surface area contributed by atoms with Crippen LogP contribution in [-0.4, -0.2) is 10.8 Å². The van der Waals surface area contributed by atoms with E-state index in [1.165, 1.54) is 0 Å². The van der Waals surface area contributed by atoms with E-state index in [-0.39, 0.29) is 5.70 Å². The van der Waals surface area contributed by atoms with E-state index in [2.05, 4.69) is 5.32 Å². The molecule has 0 fully saturated rings. The molecule has 1 amide bonds. The molecule has 1 radical (unpaired) electrons. The van der Waals surface area contributed by atoms with Crippen molar-refractivity contribution >= 4 is 5.91 Å². The first-order valence-electron chi connectivity index (χ1n) is 2.47. The van der Waals surface area contributed by atoms with Crippen molar-refractivity contribution in [2.45, 2.75) is 0 Å². The standard InChI is InChI=1S/C5H3N2O3/c8-5-2-1-4(3-6-5)7(9)10/h1-3H. The molecule has 0 aromatic heterocycles. The molecule has 0 aromatic rings. The van der Waals surface area contributed by atoms with E-state index in [1.807, 2.05) is 0 Å². The average molecular weight is 139 g/mol. The van der Waals surface area contributed by atoms with Crippen LogP contribution in [0, 0.1) is 10.1 Å². The monoisotopic (exact) mass is 139 g/mol. The third-order valence-corrected chi connectivity index (χ3v) is 0.932. The highest BCUT2D eigenvalue weighted by Crippen LogP contribution is 2.00. The smallest absolute Gasteiger partial charge is 0.267 e. The number of allylic oxidation sites excluding steroid dienone is 1. The van der Waals surface area contributed by atoms with Crippen LogP contribution in [0.4, 0.5) is 0 Å². The molecule has 51 valence electrons. The second-order valence-electron chi connectivity index (χ2n) is 1.61. The van der Waals surface area contributed by atoms with E-state index in [9.17, 15) is 14.9 Å². The number of hydrogen-bond acceptors (Lipinski definition) is 3. The molecular formula is C5H3N2O3. The van der Waals surface area contributed by atoms with Gasteiger partial charge in [0.2, 0.25) is 0 Å². The van der Waals surface area contributed by atoms with Crippen molar-refractivity contribution < 1.29 is 9.72 Å². The first kappa shape index (κ1) is 6.47. The molecule has 0 saturated carbocycles. The largest absolute Gasteiger partial charge is 0.287 e. The van der Waals surface area contributed by atoms with Crippen LogP contribution in [0.5, 0.6) is 0 Å². The maximum atomic E-state index is 10.3. The Morgan fingerprint density at radius 1 is 1.50 bits per heavy atom. The first-order chi connectivity index (χ1) is 4.70. The van der Waals surface area contributed by atoms with Crippen molar-refractivity contribution in [1.29, 1.82) is 0 Å². The summed E-state index contributed by atoms with van der Waals surface area (Å²) in [6, 6.07) is 0. The highest BCUT2D eigenvalue weighted by atomic mass is 16.6. The zero-order valence-corrected chi connectivity index (χ0v) is 4.85. The summed E-state index contributed by atoms with van der Waals surface area (Å²) in [6.07, 6.45) is 3.11. The van der Waals surface area contributed by atoms with Gasteiger partial charge in [-0.15, -0.1) is 0 Å². The van der Waals surface area contributed by atoms with E-state index >= 15 is 0 Å². The Balaban J connectivity index is 2.77. The van der Waals surface area contributed by atoms with Gasteiger partial charge in [0.1, 0.15) is 6.20 Å². The summed E-state index contributed by atoms with van der Waals surface area (Å²) in [5.41, 5.74) is -0.167. The van der Waals surface area contributed by atoms with Crippen LogP contribution in [0.15, 0.2) is 24.0 Å². The van der Waals surface area contributed by atoms with Crippen molar-refractivity contribution in [3.63, 3.8) is 0 Å². The summed E-state index contributed by atoms with van der Waals surface area (Å²) >= 11 is 0. The summed E-state index contributed by atoms with van der Waals surface area (Å²) in [5.74, 6) is -0.467. The maximum Gasteiger partial charge on any atom is 0.287 e. The molecule has 0 saturated heterocycles. The quantitative estimate of drug-likeness (QED) is 0.373. The van der Waals surface area contributed by atoms with Gasteiger partial charge in [-0.25, -0.2) is 5.32 Å². The van der Waals surface area contributed by atoms with Crippen molar-refractivity contribution in [3.05, 3.63) is 34.2 Å². The number of amides is 1. The van der Waals surface area contributed by atoms with Crippen LogP contribution in [-0.2, 0) is 4.79 Å². The molecule has 1 aliphatic rings. The lowest BCUT2D eigenvalue weighted by Crippen LogP contribution is -2.13. The van der Waals surface area contributed by atoms with Gasteiger partial charge in [-0.1, -0.05) is 0 Å². The minimum Gasteiger partial charge on any atom is -0.267 e. The number of nitrogens with zero attached hydrogens (tertiary/aromatic N) is 2. The Morgan fingerprint density at radius 2 is 2.20 bits per heavy atom. The zero-order chi connectivity index (χ0) is 7.56. The van der Waals surface area contributed by atoms with E-state index in [1.54, 1.807) is 0 Å². The molecule has 0 unspecified atom stereocenters. The predicted molar refractivity (Wildman–Crippen MR) is 31.4 cm³/mol. The van der Waals surface area contributed by atoms with Crippen LogP contribution in [0.1, 0.15) is 0 Å². The maximum absolute atomic E-state index is 10.3. The van der Waals surface area contributed by atoms with E-state index < -0.39 is 10.8 Å².